The van der Waals surface area contributed by atoms with Crippen LogP contribution >= 0.6 is 23.2 Å². The van der Waals surface area contributed by atoms with Crippen LogP contribution in [-0.2, 0) is 0 Å². The van der Waals surface area contributed by atoms with E-state index in [2.05, 4.69) is 16.0 Å². The molecular formula is C22H20BCl2F4N3O2. The summed E-state index contributed by atoms with van der Waals surface area (Å²) in [7, 11) is 5.90. The van der Waals surface area contributed by atoms with Gasteiger partial charge in [0.05, 0.1) is 16.0 Å². The fourth-order valence-corrected chi connectivity index (χ4v) is 3.44. The molecule has 0 fully saturated rings. The first kappa shape index (κ1) is 27.5. The number of alkyl halides is 3. The molecule has 0 aromatic heterocycles. The lowest BCUT2D eigenvalue weighted by molar-refractivity contribution is -0.139. The van der Waals surface area contributed by atoms with Crippen LogP contribution in [0.1, 0.15) is 34.3 Å². The molecule has 2 rings (SSSR count). The highest BCUT2D eigenvalue weighted by atomic mass is 35.5. The topological polar surface area (TPSA) is 70.2 Å². The summed E-state index contributed by atoms with van der Waals surface area (Å²) >= 11 is 11.3. The maximum Gasteiger partial charge on any atom is 0.399 e. The van der Waals surface area contributed by atoms with Gasteiger partial charge in [0.2, 0.25) is 0 Å². The number of hydrogen-bond acceptors (Lipinski definition) is 2. The highest BCUT2D eigenvalue weighted by Gasteiger charge is 2.39. The molecule has 34 heavy (non-hydrogen) atoms. The highest BCUT2D eigenvalue weighted by Crippen LogP contribution is 2.39. The van der Waals surface area contributed by atoms with Crippen LogP contribution in [-0.4, -0.2) is 45.6 Å². The lowest BCUT2D eigenvalue weighted by atomic mass is 9.88. The number of carbonyl (C=O) groups is 2. The van der Waals surface area contributed by atoms with Crippen molar-refractivity contribution >= 4 is 54.5 Å². The van der Waals surface area contributed by atoms with Gasteiger partial charge in [0.25, 0.3) is 5.91 Å². The Balaban J connectivity index is 2.12. The Kier molecular flexibility index (Phi) is 9.82. The number of rotatable bonds is 8. The number of amides is 3. The van der Waals surface area contributed by atoms with E-state index in [9.17, 15) is 27.2 Å². The fourth-order valence-electron chi connectivity index (χ4n) is 2.93. The summed E-state index contributed by atoms with van der Waals surface area (Å²) in [6, 6.07) is 5.51. The molecular weight excluding hydrogens is 496 g/mol. The SMILES string of the molecule is [B]c1cc(/C=C/C(c2cc(Cl)c(F)c(Cl)c2)C(F)(F)F)ccc1C(=O)NCCNC(=O)NCC. The molecule has 0 saturated heterocycles. The van der Waals surface area contributed by atoms with Crippen molar-refractivity contribution < 1.29 is 27.2 Å². The van der Waals surface area contributed by atoms with Gasteiger partial charge in [-0.05, 0) is 36.2 Å². The summed E-state index contributed by atoms with van der Waals surface area (Å²) in [4.78, 5) is 23.6. The van der Waals surface area contributed by atoms with Gasteiger partial charge >= 0.3 is 12.2 Å². The van der Waals surface area contributed by atoms with E-state index >= 15 is 0 Å². The van der Waals surface area contributed by atoms with E-state index in [0.29, 0.717) is 12.1 Å². The quantitative estimate of drug-likeness (QED) is 0.212. The molecule has 3 N–H and O–H groups in total. The molecule has 0 spiro atoms. The van der Waals surface area contributed by atoms with Crippen LogP contribution in [0.3, 0.4) is 0 Å². The van der Waals surface area contributed by atoms with E-state index < -0.39 is 33.9 Å². The largest absolute Gasteiger partial charge is 0.399 e. The van der Waals surface area contributed by atoms with Crippen molar-refractivity contribution in [2.75, 3.05) is 19.6 Å². The van der Waals surface area contributed by atoms with E-state index in [-0.39, 0.29) is 35.7 Å². The van der Waals surface area contributed by atoms with Gasteiger partial charge in [-0.1, -0.05) is 52.9 Å². The van der Waals surface area contributed by atoms with Crippen LogP contribution in [0.2, 0.25) is 10.0 Å². The fraction of sp³-hybridized carbons (Fsp3) is 0.273. The van der Waals surface area contributed by atoms with Gasteiger partial charge in [0.1, 0.15) is 7.85 Å². The standard InChI is InChI=1S/C22H20BCl2F4N3O2/c1-2-30-21(34)32-8-7-31-20(33)14-5-3-12(9-16(14)23)4-6-15(22(27,28)29)13-10-17(24)19(26)18(25)11-13/h3-6,9-11,15H,2,7-8H2,1H3,(H,31,33)(H2,30,32,34)/b6-4+. The molecule has 1 unspecified atom stereocenters. The van der Waals surface area contributed by atoms with Crippen LogP contribution in [0, 0.1) is 5.82 Å². The molecule has 2 aromatic rings. The first-order chi connectivity index (χ1) is 15.9. The Bertz CT molecular complexity index is 1060. The minimum absolute atomic E-state index is 0.0489. The zero-order chi connectivity index (χ0) is 25.5. The molecule has 0 heterocycles. The normalized spacial score (nSPS) is 12.4. The zero-order valence-corrected chi connectivity index (χ0v) is 19.4. The molecule has 2 radical (unpaired) electrons. The molecule has 2 aromatic carbocycles. The maximum atomic E-state index is 13.6. The van der Waals surface area contributed by atoms with E-state index in [4.69, 9.17) is 31.0 Å². The van der Waals surface area contributed by atoms with Crippen LogP contribution in [0.5, 0.6) is 0 Å². The number of hydrogen-bond donors (Lipinski definition) is 3. The molecule has 0 aliphatic rings. The lowest BCUT2D eigenvalue weighted by Crippen LogP contribution is -2.40. The summed E-state index contributed by atoms with van der Waals surface area (Å²) in [5.41, 5.74) is 0.151. The summed E-state index contributed by atoms with van der Waals surface area (Å²) in [6.45, 7) is 2.56. The Morgan fingerprint density at radius 1 is 1.06 bits per heavy atom. The Hall–Kier alpha value is -2.72. The van der Waals surface area contributed by atoms with Gasteiger partial charge in [-0.2, -0.15) is 13.2 Å². The molecule has 0 bridgehead atoms. The number of urea groups is 1. The average Bonchev–Trinajstić information content (AvgIpc) is 2.74. The van der Waals surface area contributed by atoms with Crippen molar-refractivity contribution in [1.82, 2.24) is 16.0 Å². The molecule has 5 nitrogen and oxygen atoms in total. The maximum absolute atomic E-state index is 13.6. The van der Waals surface area contributed by atoms with Gasteiger partial charge in [0, 0.05) is 25.2 Å². The average molecular weight is 516 g/mol. The minimum Gasteiger partial charge on any atom is -0.350 e. The number of carbonyl (C=O) groups excluding carboxylic acids is 2. The number of allylic oxidation sites excluding steroid dienone is 1. The van der Waals surface area contributed by atoms with Crippen molar-refractivity contribution in [3.8, 4) is 0 Å². The first-order valence-corrected chi connectivity index (χ1v) is 10.8. The molecule has 3 amide bonds. The third kappa shape index (κ3) is 7.67. The second kappa shape index (κ2) is 12.1. The molecule has 12 heteroatoms. The van der Waals surface area contributed by atoms with Gasteiger partial charge < -0.3 is 16.0 Å². The van der Waals surface area contributed by atoms with Gasteiger partial charge in [-0.3, -0.25) is 4.79 Å². The Labute approximate surface area is 205 Å². The Morgan fingerprint density at radius 2 is 1.68 bits per heavy atom. The summed E-state index contributed by atoms with van der Waals surface area (Å²) in [5, 5.41) is 6.62. The second-order valence-corrected chi connectivity index (χ2v) is 7.88. The highest BCUT2D eigenvalue weighted by molar-refractivity contribution is 6.36. The van der Waals surface area contributed by atoms with E-state index in [0.717, 1.165) is 18.2 Å². The van der Waals surface area contributed by atoms with E-state index in [1.54, 1.807) is 6.92 Å². The van der Waals surface area contributed by atoms with Crippen LogP contribution < -0.4 is 21.4 Å². The van der Waals surface area contributed by atoms with Crippen LogP contribution in [0.4, 0.5) is 22.4 Å². The van der Waals surface area contributed by atoms with Crippen molar-refractivity contribution in [3.05, 3.63) is 69.0 Å². The van der Waals surface area contributed by atoms with Crippen LogP contribution in [0.25, 0.3) is 6.08 Å². The predicted octanol–water partition coefficient (Wildman–Crippen LogP) is 4.33. The first-order valence-electron chi connectivity index (χ1n) is 10.0. The minimum atomic E-state index is -4.70. The third-order valence-electron chi connectivity index (χ3n) is 4.55. The number of halogens is 6. The summed E-state index contributed by atoms with van der Waals surface area (Å²) in [6.07, 6.45) is -2.66. The Morgan fingerprint density at radius 3 is 2.24 bits per heavy atom. The molecule has 0 aliphatic carbocycles. The smallest absolute Gasteiger partial charge is 0.350 e. The van der Waals surface area contributed by atoms with Gasteiger partial charge in [0.15, 0.2) is 5.82 Å². The van der Waals surface area contributed by atoms with Gasteiger partial charge in [-0.15, -0.1) is 0 Å². The van der Waals surface area contributed by atoms with Gasteiger partial charge in [-0.25, -0.2) is 9.18 Å². The van der Waals surface area contributed by atoms with Crippen molar-refractivity contribution in [3.63, 3.8) is 0 Å². The molecule has 0 aliphatic heterocycles. The molecule has 0 saturated carbocycles. The van der Waals surface area contributed by atoms with E-state index in [1.807, 2.05) is 0 Å². The van der Waals surface area contributed by atoms with Crippen molar-refractivity contribution in [2.24, 2.45) is 0 Å². The monoisotopic (exact) mass is 515 g/mol. The third-order valence-corrected chi connectivity index (χ3v) is 5.10. The van der Waals surface area contributed by atoms with E-state index in [1.165, 1.54) is 24.3 Å². The van der Waals surface area contributed by atoms with Crippen molar-refractivity contribution in [2.45, 2.75) is 19.0 Å². The van der Waals surface area contributed by atoms with Crippen LogP contribution in [0.15, 0.2) is 36.4 Å². The lowest BCUT2D eigenvalue weighted by Gasteiger charge is -2.18. The summed E-state index contributed by atoms with van der Waals surface area (Å²) < 4.78 is 54.5. The molecule has 180 valence electrons. The number of nitrogens with one attached hydrogen (secondary N) is 3. The number of benzene rings is 2. The predicted molar refractivity (Wildman–Crippen MR) is 125 cm³/mol. The molecule has 1 atom stereocenters. The zero-order valence-electron chi connectivity index (χ0n) is 17.9. The second-order valence-electron chi connectivity index (χ2n) is 7.07. The van der Waals surface area contributed by atoms with Crippen molar-refractivity contribution in [1.29, 1.82) is 0 Å². The summed E-state index contributed by atoms with van der Waals surface area (Å²) in [5.74, 6) is -3.61.